The predicted molar refractivity (Wildman–Crippen MR) is 68.3 cm³/mol. The van der Waals surface area contributed by atoms with Gasteiger partial charge < -0.3 is 9.57 Å². The molecule has 0 saturated carbocycles. The number of oxime groups is 1. The van der Waals surface area contributed by atoms with Gasteiger partial charge in [-0.25, -0.2) is 4.79 Å². The molecule has 0 saturated heterocycles. The van der Waals surface area contributed by atoms with Gasteiger partial charge in [0.1, 0.15) is 0 Å². The first-order valence-electron chi connectivity index (χ1n) is 6.15. The van der Waals surface area contributed by atoms with Crippen LogP contribution in [0, 0.1) is 5.92 Å². The summed E-state index contributed by atoms with van der Waals surface area (Å²) in [6.07, 6.45) is 1.21. The fourth-order valence-corrected chi connectivity index (χ4v) is 2.20. The molecule has 2 rings (SSSR count). The smallest absolute Gasteiger partial charge is 0.350 e. The number of hydrogen-bond acceptors (Lipinski definition) is 4. The SMILES string of the molecule is CCC[C@H]1C(c2ccccc2)=NO[C@@H]1C(=O)OC. The third kappa shape index (κ3) is 2.37. The van der Waals surface area contributed by atoms with Crippen molar-refractivity contribution < 1.29 is 14.4 Å². The number of ether oxygens (including phenoxy) is 1. The molecule has 0 radical (unpaired) electrons. The van der Waals surface area contributed by atoms with E-state index in [0.717, 1.165) is 24.1 Å². The highest BCUT2D eigenvalue weighted by atomic mass is 16.7. The predicted octanol–water partition coefficient (Wildman–Crippen LogP) is 2.38. The number of nitrogens with zero attached hydrogens (tertiary/aromatic N) is 1. The van der Waals surface area contributed by atoms with Crippen molar-refractivity contribution in [1.29, 1.82) is 0 Å². The minimum atomic E-state index is -0.606. The van der Waals surface area contributed by atoms with Gasteiger partial charge in [-0.15, -0.1) is 0 Å². The Bertz CT molecular complexity index is 442. The molecule has 0 amide bonds. The van der Waals surface area contributed by atoms with E-state index in [9.17, 15) is 4.79 Å². The van der Waals surface area contributed by atoms with E-state index >= 15 is 0 Å². The zero-order valence-corrected chi connectivity index (χ0v) is 10.6. The van der Waals surface area contributed by atoms with Gasteiger partial charge in [-0.05, 0) is 12.0 Å². The molecule has 0 N–H and O–H groups in total. The Morgan fingerprint density at radius 1 is 1.39 bits per heavy atom. The molecule has 4 heteroatoms. The summed E-state index contributed by atoms with van der Waals surface area (Å²) in [4.78, 5) is 16.9. The largest absolute Gasteiger partial charge is 0.466 e. The third-order valence-electron chi connectivity index (χ3n) is 3.08. The summed E-state index contributed by atoms with van der Waals surface area (Å²) >= 11 is 0. The van der Waals surface area contributed by atoms with Gasteiger partial charge in [0, 0.05) is 0 Å². The number of methoxy groups -OCH3 is 1. The summed E-state index contributed by atoms with van der Waals surface area (Å²) in [5.41, 5.74) is 1.84. The van der Waals surface area contributed by atoms with Gasteiger partial charge in [-0.3, -0.25) is 0 Å². The average Bonchev–Trinajstić information content (AvgIpc) is 2.83. The standard InChI is InChI=1S/C14H17NO3/c1-3-7-11-12(10-8-5-4-6-9-10)15-18-13(11)14(16)17-2/h4-6,8-9,11,13H,3,7H2,1-2H3/t11-,13-/m0/s1. The topological polar surface area (TPSA) is 47.9 Å². The molecule has 1 aliphatic rings. The molecule has 96 valence electrons. The number of rotatable bonds is 4. The summed E-state index contributed by atoms with van der Waals surface area (Å²) in [5, 5.41) is 4.07. The second-order valence-corrected chi connectivity index (χ2v) is 4.29. The molecule has 1 aromatic carbocycles. The van der Waals surface area contributed by atoms with Gasteiger partial charge in [0.05, 0.1) is 18.7 Å². The Kier molecular flexibility index (Phi) is 3.97. The van der Waals surface area contributed by atoms with Crippen LogP contribution in [0.1, 0.15) is 25.3 Å². The van der Waals surface area contributed by atoms with E-state index < -0.39 is 6.10 Å². The number of hydrogen-bond donors (Lipinski definition) is 0. The molecule has 2 atom stereocenters. The molecule has 0 spiro atoms. The van der Waals surface area contributed by atoms with Crippen LogP contribution in [-0.4, -0.2) is 24.9 Å². The van der Waals surface area contributed by atoms with Crippen LogP contribution < -0.4 is 0 Å². The normalized spacial score (nSPS) is 22.2. The van der Waals surface area contributed by atoms with Gasteiger partial charge in [0.15, 0.2) is 0 Å². The zero-order chi connectivity index (χ0) is 13.0. The van der Waals surface area contributed by atoms with Crippen molar-refractivity contribution >= 4 is 11.7 Å². The van der Waals surface area contributed by atoms with Crippen LogP contribution in [0.3, 0.4) is 0 Å². The first kappa shape index (κ1) is 12.6. The molecule has 1 heterocycles. The zero-order valence-electron chi connectivity index (χ0n) is 10.6. The van der Waals surface area contributed by atoms with Crippen molar-refractivity contribution in [1.82, 2.24) is 0 Å². The fourth-order valence-electron chi connectivity index (χ4n) is 2.20. The Hall–Kier alpha value is -1.84. The van der Waals surface area contributed by atoms with Crippen molar-refractivity contribution in [2.24, 2.45) is 11.1 Å². The number of carbonyl (C=O) groups is 1. The summed E-state index contributed by atoms with van der Waals surface area (Å²) < 4.78 is 4.76. The van der Waals surface area contributed by atoms with Crippen molar-refractivity contribution in [3.63, 3.8) is 0 Å². The Balaban J connectivity index is 2.23. The van der Waals surface area contributed by atoms with Crippen molar-refractivity contribution in [3.8, 4) is 0 Å². The second kappa shape index (κ2) is 5.67. The average molecular weight is 247 g/mol. The maximum Gasteiger partial charge on any atom is 0.350 e. The van der Waals surface area contributed by atoms with Gasteiger partial charge in [0.2, 0.25) is 6.10 Å². The van der Waals surface area contributed by atoms with Crippen LogP contribution in [-0.2, 0) is 14.4 Å². The van der Waals surface area contributed by atoms with Crippen LogP contribution in [0.15, 0.2) is 35.5 Å². The van der Waals surface area contributed by atoms with Gasteiger partial charge in [0.25, 0.3) is 0 Å². The number of carbonyl (C=O) groups excluding carboxylic acids is 1. The maximum atomic E-state index is 11.7. The molecular weight excluding hydrogens is 230 g/mol. The van der Waals surface area contributed by atoms with Gasteiger partial charge >= 0.3 is 5.97 Å². The fraction of sp³-hybridized carbons (Fsp3) is 0.429. The van der Waals surface area contributed by atoms with Crippen LogP contribution in [0.4, 0.5) is 0 Å². The van der Waals surface area contributed by atoms with E-state index in [1.54, 1.807) is 0 Å². The number of benzene rings is 1. The van der Waals surface area contributed by atoms with E-state index in [1.807, 2.05) is 30.3 Å². The molecule has 0 unspecified atom stereocenters. The molecule has 4 nitrogen and oxygen atoms in total. The third-order valence-corrected chi connectivity index (χ3v) is 3.08. The van der Waals surface area contributed by atoms with E-state index in [1.165, 1.54) is 7.11 Å². The molecule has 18 heavy (non-hydrogen) atoms. The van der Waals surface area contributed by atoms with Crippen molar-refractivity contribution in [2.75, 3.05) is 7.11 Å². The summed E-state index contributed by atoms with van der Waals surface area (Å²) in [7, 11) is 1.37. The van der Waals surface area contributed by atoms with E-state index in [4.69, 9.17) is 9.57 Å². The highest BCUT2D eigenvalue weighted by Gasteiger charge is 2.39. The molecule has 0 aromatic heterocycles. The Morgan fingerprint density at radius 2 is 2.11 bits per heavy atom. The summed E-state index contributed by atoms with van der Waals surface area (Å²) in [6.45, 7) is 2.08. The van der Waals surface area contributed by atoms with Crippen LogP contribution in [0.5, 0.6) is 0 Å². The van der Waals surface area contributed by atoms with Crippen molar-refractivity contribution in [2.45, 2.75) is 25.9 Å². The van der Waals surface area contributed by atoms with Crippen LogP contribution in [0.25, 0.3) is 0 Å². The molecule has 0 fully saturated rings. The molecule has 0 aliphatic carbocycles. The van der Waals surface area contributed by atoms with Crippen molar-refractivity contribution in [3.05, 3.63) is 35.9 Å². The van der Waals surface area contributed by atoms with Gasteiger partial charge in [-0.2, -0.15) is 0 Å². The molecule has 1 aromatic rings. The lowest BCUT2D eigenvalue weighted by Crippen LogP contribution is -2.32. The minimum Gasteiger partial charge on any atom is -0.466 e. The Labute approximate surface area is 107 Å². The summed E-state index contributed by atoms with van der Waals surface area (Å²) in [6, 6.07) is 9.81. The lowest BCUT2D eigenvalue weighted by Gasteiger charge is -2.16. The minimum absolute atomic E-state index is 0.0233. The summed E-state index contributed by atoms with van der Waals surface area (Å²) in [5.74, 6) is -0.381. The Morgan fingerprint density at radius 3 is 2.72 bits per heavy atom. The van der Waals surface area contributed by atoms with E-state index in [2.05, 4.69) is 12.1 Å². The first-order valence-corrected chi connectivity index (χ1v) is 6.15. The maximum absolute atomic E-state index is 11.7. The lowest BCUT2D eigenvalue weighted by molar-refractivity contribution is -0.154. The van der Waals surface area contributed by atoms with E-state index in [-0.39, 0.29) is 11.9 Å². The van der Waals surface area contributed by atoms with Gasteiger partial charge in [-0.1, -0.05) is 48.8 Å². The highest BCUT2D eigenvalue weighted by Crippen LogP contribution is 2.27. The highest BCUT2D eigenvalue weighted by molar-refractivity contribution is 6.05. The quantitative estimate of drug-likeness (QED) is 0.767. The molecular formula is C14H17NO3. The number of esters is 1. The molecule has 1 aliphatic heterocycles. The first-order chi connectivity index (χ1) is 8.77. The van der Waals surface area contributed by atoms with E-state index in [0.29, 0.717) is 0 Å². The molecule has 0 bridgehead atoms. The lowest BCUT2D eigenvalue weighted by atomic mass is 9.89. The van der Waals surface area contributed by atoms with Crippen LogP contribution in [0.2, 0.25) is 0 Å². The second-order valence-electron chi connectivity index (χ2n) is 4.29. The monoisotopic (exact) mass is 247 g/mol. The van der Waals surface area contributed by atoms with Crippen LogP contribution >= 0.6 is 0 Å².